The Hall–Kier alpha value is -1.68. The summed E-state index contributed by atoms with van der Waals surface area (Å²) in [6, 6.07) is 6.59. The molecule has 0 heterocycles. The zero-order valence-corrected chi connectivity index (χ0v) is 15.4. The third-order valence-electron chi connectivity index (χ3n) is 4.70. The van der Waals surface area contributed by atoms with Gasteiger partial charge in [0.15, 0.2) is 0 Å². The minimum atomic E-state index is -0.368. The van der Waals surface area contributed by atoms with Crippen molar-refractivity contribution in [3.63, 3.8) is 0 Å². The van der Waals surface area contributed by atoms with Gasteiger partial charge in [-0.2, -0.15) is 0 Å². The lowest BCUT2D eigenvalue weighted by Crippen LogP contribution is -2.36. The van der Waals surface area contributed by atoms with E-state index in [1.54, 1.807) is 0 Å². The highest BCUT2D eigenvalue weighted by Crippen LogP contribution is 2.41. The van der Waals surface area contributed by atoms with Gasteiger partial charge in [0.25, 0.3) is 0 Å². The van der Waals surface area contributed by atoms with Gasteiger partial charge in [0, 0.05) is 13.5 Å². The van der Waals surface area contributed by atoms with E-state index in [0.29, 0.717) is 0 Å². The lowest BCUT2D eigenvalue weighted by molar-refractivity contribution is -0.141. The summed E-state index contributed by atoms with van der Waals surface area (Å²) in [6.07, 6.45) is 5.55. The first-order valence-corrected chi connectivity index (χ1v) is 8.92. The fourth-order valence-corrected chi connectivity index (χ4v) is 3.29. The molecule has 0 radical (unpaired) electrons. The van der Waals surface area contributed by atoms with E-state index in [-0.39, 0.29) is 11.6 Å². The van der Waals surface area contributed by atoms with Gasteiger partial charge in [-0.15, -0.1) is 0 Å². The van der Waals surface area contributed by atoms with Crippen LogP contribution in [0.15, 0.2) is 23.4 Å². The third kappa shape index (κ3) is 4.67. The van der Waals surface area contributed by atoms with Crippen LogP contribution in [0, 0.1) is 13.8 Å². The molecule has 1 saturated carbocycles. The molecular formula is C20H29NO3. The molecule has 0 bridgehead atoms. The summed E-state index contributed by atoms with van der Waals surface area (Å²) >= 11 is 0. The molecule has 0 aromatic heterocycles. The molecule has 4 nitrogen and oxygen atoms in total. The van der Waals surface area contributed by atoms with Crippen LogP contribution in [0.4, 0.5) is 0 Å². The number of carbonyl (C=O) groups is 1. The number of unbranched alkanes of at least 4 members (excludes halogenated alkanes) is 1. The molecule has 24 heavy (non-hydrogen) atoms. The number of hydrogen-bond acceptors (Lipinski definition) is 4. The monoisotopic (exact) mass is 331 g/mol. The van der Waals surface area contributed by atoms with Crippen LogP contribution in [0.2, 0.25) is 0 Å². The molecule has 0 aliphatic heterocycles. The molecule has 0 unspecified atom stereocenters. The normalized spacial score (nSPS) is 20.8. The third-order valence-corrected chi connectivity index (χ3v) is 4.70. The molecule has 1 fully saturated rings. The molecule has 4 heteroatoms. The predicted molar refractivity (Wildman–Crippen MR) is 96.1 cm³/mol. The second kappa shape index (κ2) is 8.43. The van der Waals surface area contributed by atoms with Crippen molar-refractivity contribution in [2.45, 2.75) is 71.8 Å². The van der Waals surface area contributed by atoms with E-state index < -0.39 is 0 Å². The molecule has 0 N–H and O–H groups in total. The number of ether oxygens (including phenoxy) is 1. The van der Waals surface area contributed by atoms with Gasteiger partial charge in [0.2, 0.25) is 0 Å². The first-order valence-electron chi connectivity index (χ1n) is 8.92. The van der Waals surface area contributed by atoms with E-state index in [4.69, 9.17) is 9.57 Å². The van der Waals surface area contributed by atoms with Gasteiger partial charge in [-0.3, -0.25) is 0 Å². The summed E-state index contributed by atoms with van der Waals surface area (Å²) < 4.78 is 6.44. The molecule has 0 saturated heterocycles. The standard InChI is InChI=1S/C20H29NO3/c1-5-6-13-23-20(19-14-15(2)7-8-16(19)3)11-9-18(10-12-20)21-24-17(4)22/h7-8,14H,5-6,9-13H2,1-4H3. The minimum Gasteiger partial charge on any atom is -0.370 e. The number of benzene rings is 1. The predicted octanol–water partition coefficient (Wildman–Crippen LogP) is 4.81. The number of aryl methyl sites for hydroxylation is 2. The first kappa shape index (κ1) is 18.7. The summed E-state index contributed by atoms with van der Waals surface area (Å²) in [4.78, 5) is 15.7. The number of hydrogen-bond donors (Lipinski definition) is 0. The van der Waals surface area contributed by atoms with Crippen LogP contribution in [0.5, 0.6) is 0 Å². The van der Waals surface area contributed by atoms with E-state index in [9.17, 15) is 4.79 Å². The number of carbonyl (C=O) groups excluding carboxylic acids is 1. The Labute approximate surface area is 145 Å². The Kier molecular flexibility index (Phi) is 6.55. The van der Waals surface area contributed by atoms with E-state index in [2.05, 4.69) is 44.1 Å². The summed E-state index contributed by atoms with van der Waals surface area (Å²) in [5.74, 6) is -0.368. The maximum atomic E-state index is 10.9. The van der Waals surface area contributed by atoms with Gasteiger partial charge in [0.1, 0.15) is 0 Å². The molecule has 2 rings (SSSR count). The van der Waals surface area contributed by atoms with Crippen LogP contribution in [-0.4, -0.2) is 18.3 Å². The maximum absolute atomic E-state index is 10.9. The van der Waals surface area contributed by atoms with Crippen molar-refractivity contribution in [1.82, 2.24) is 0 Å². The molecule has 0 amide bonds. The molecule has 1 aromatic rings. The van der Waals surface area contributed by atoms with Crippen molar-refractivity contribution in [1.29, 1.82) is 0 Å². The molecule has 1 aliphatic carbocycles. The van der Waals surface area contributed by atoms with Crippen molar-refractivity contribution in [3.05, 3.63) is 34.9 Å². The summed E-state index contributed by atoms with van der Waals surface area (Å²) in [5.41, 5.74) is 4.53. The van der Waals surface area contributed by atoms with Gasteiger partial charge in [-0.1, -0.05) is 42.3 Å². The molecule has 1 aromatic carbocycles. The Morgan fingerprint density at radius 1 is 1.25 bits per heavy atom. The highest BCUT2D eigenvalue weighted by atomic mass is 16.7. The Morgan fingerprint density at radius 2 is 1.96 bits per heavy atom. The topological polar surface area (TPSA) is 47.9 Å². The van der Waals surface area contributed by atoms with Crippen LogP contribution >= 0.6 is 0 Å². The SMILES string of the molecule is CCCCOC1(c2cc(C)ccc2C)CCC(=NOC(C)=O)CC1. The van der Waals surface area contributed by atoms with Crippen molar-refractivity contribution in [3.8, 4) is 0 Å². The molecule has 132 valence electrons. The number of nitrogens with zero attached hydrogens (tertiary/aromatic N) is 1. The second-order valence-corrected chi connectivity index (χ2v) is 6.76. The van der Waals surface area contributed by atoms with E-state index in [1.165, 1.54) is 23.6 Å². The highest BCUT2D eigenvalue weighted by molar-refractivity contribution is 5.85. The highest BCUT2D eigenvalue weighted by Gasteiger charge is 2.38. The van der Waals surface area contributed by atoms with Crippen molar-refractivity contribution < 1.29 is 14.4 Å². The molecule has 0 spiro atoms. The zero-order chi connectivity index (χ0) is 17.6. The Morgan fingerprint density at radius 3 is 2.58 bits per heavy atom. The largest absolute Gasteiger partial charge is 0.370 e. The van der Waals surface area contributed by atoms with Gasteiger partial charge in [-0.05, 0) is 57.1 Å². The van der Waals surface area contributed by atoms with Gasteiger partial charge < -0.3 is 9.57 Å². The quantitative estimate of drug-likeness (QED) is 0.427. The van der Waals surface area contributed by atoms with E-state index >= 15 is 0 Å². The van der Waals surface area contributed by atoms with Crippen LogP contribution in [0.3, 0.4) is 0 Å². The van der Waals surface area contributed by atoms with Crippen LogP contribution in [0.1, 0.15) is 69.1 Å². The minimum absolute atomic E-state index is 0.249. The molecular weight excluding hydrogens is 302 g/mol. The van der Waals surface area contributed by atoms with Crippen molar-refractivity contribution >= 4 is 11.7 Å². The summed E-state index contributed by atoms with van der Waals surface area (Å²) in [7, 11) is 0. The average Bonchev–Trinajstić information content (AvgIpc) is 2.56. The maximum Gasteiger partial charge on any atom is 0.331 e. The summed E-state index contributed by atoms with van der Waals surface area (Å²) in [6.45, 7) is 8.61. The number of rotatable bonds is 6. The fraction of sp³-hybridized carbons (Fsp3) is 0.600. The van der Waals surface area contributed by atoms with Crippen LogP contribution < -0.4 is 0 Å². The second-order valence-electron chi connectivity index (χ2n) is 6.76. The number of oxime groups is 1. The van der Waals surface area contributed by atoms with E-state index in [1.807, 2.05) is 0 Å². The Bertz CT molecular complexity index is 597. The van der Waals surface area contributed by atoms with Gasteiger partial charge >= 0.3 is 5.97 Å². The zero-order valence-electron chi connectivity index (χ0n) is 15.4. The van der Waals surface area contributed by atoms with Crippen molar-refractivity contribution in [2.24, 2.45) is 5.16 Å². The molecule has 1 aliphatic rings. The lowest BCUT2D eigenvalue weighted by atomic mass is 9.76. The Balaban J connectivity index is 2.22. The van der Waals surface area contributed by atoms with Crippen LogP contribution in [-0.2, 0) is 20.0 Å². The van der Waals surface area contributed by atoms with Crippen molar-refractivity contribution in [2.75, 3.05) is 6.61 Å². The van der Waals surface area contributed by atoms with Crippen LogP contribution in [0.25, 0.3) is 0 Å². The fourth-order valence-electron chi connectivity index (χ4n) is 3.29. The molecule has 0 atom stereocenters. The lowest BCUT2D eigenvalue weighted by Gasteiger charge is -2.39. The van der Waals surface area contributed by atoms with Gasteiger partial charge in [0.05, 0.1) is 11.3 Å². The smallest absolute Gasteiger partial charge is 0.331 e. The summed E-state index contributed by atoms with van der Waals surface area (Å²) in [5, 5.41) is 3.99. The first-order chi connectivity index (χ1) is 11.5. The van der Waals surface area contributed by atoms with E-state index in [0.717, 1.165) is 50.8 Å². The average molecular weight is 331 g/mol. The van der Waals surface area contributed by atoms with Gasteiger partial charge in [-0.25, -0.2) is 4.79 Å².